The molecule has 2 aromatic heterocycles. The van der Waals surface area contributed by atoms with E-state index in [0.29, 0.717) is 31.0 Å². The first-order chi connectivity index (χ1) is 18.8. The van der Waals surface area contributed by atoms with Crippen LogP contribution in [0.15, 0.2) is 71.5 Å². The Balaban J connectivity index is 1.52. The van der Waals surface area contributed by atoms with Crippen LogP contribution in [0, 0.1) is 26.6 Å². The van der Waals surface area contributed by atoms with Crippen LogP contribution in [0.2, 0.25) is 0 Å². The van der Waals surface area contributed by atoms with Crippen LogP contribution in [0.25, 0.3) is 10.9 Å². The molecule has 0 aliphatic heterocycles. The fraction of sp³-hybridized carbons (Fsp3) is 0.290. The van der Waals surface area contributed by atoms with Crippen molar-refractivity contribution in [2.24, 2.45) is 0 Å². The number of nitrogens with one attached hydrogen (secondary N) is 1. The number of fused-ring (bicyclic) bond motifs is 1. The standard InChI is InChI=1S/C31H33FN6O/c1-5-28(30-34-35-36-38(30)18-24-11-14-27(32)15-12-24)37(17-23-9-6-20(2)7-10-23)19-26-16-25-13-8-21(3)22(4)29(25)33-31(26)39/h6-16,28H,5,17-19H2,1-4H3,(H,33,39). The van der Waals surface area contributed by atoms with Crippen LogP contribution in [-0.4, -0.2) is 30.1 Å². The predicted octanol–water partition coefficient (Wildman–Crippen LogP) is 5.78. The molecule has 1 N–H and O–H groups in total. The summed E-state index contributed by atoms with van der Waals surface area (Å²) in [5.41, 5.74) is 6.94. The molecule has 0 spiro atoms. The Morgan fingerprint density at radius 2 is 1.67 bits per heavy atom. The first-order valence-corrected chi connectivity index (χ1v) is 13.2. The zero-order valence-corrected chi connectivity index (χ0v) is 22.8. The number of aryl methyl sites for hydroxylation is 3. The summed E-state index contributed by atoms with van der Waals surface area (Å²) in [5, 5.41) is 13.7. The van der Waals surface area contributed by atoms with Crippen LogP contribution in [0.4, 0.5) is 4.39 Å². The highest BCUT2D eigenvalue weighted by molar-refractivity contribution is 5.83. The van der Waals surface area contributed by atoms with Crippen molar-refractivity contribution in [1.29, 1.82) is 0 Å². The van der Waals surface area contributed by atoms with E-state index in [1.165, 1.54) is 17.7 Å². The summed E-state index contributed by atoms with van der Waals surface area (Å²) in [7, 11) is 0. The molecule has 8 heteroatoms. The SMILES string of the molecule is CCC(c1nnnn1Cc1ccc(F)cc1)N(Cc1ccc(C)cc1)Cc1cc2ccc(C)c(C)c2[nH]c1=O. The molecule has 200 valence electrons. The van der Waals surface area contributed by atoms with Crippen molar-refractivity contribution in [3.8, 4) is 0 Å². The molecule has 1 atom stereocenters. The Morgan fingerprint density at radius 3 is 2.38 bits per heavy atom. The molecule has 7 nitrogen and oxygen atoms in total. The lowest BCUT2D eigenvalue weighted by Gasteiger charge is -2.30. The lowest BCUT2D eigenvalue weighted by Crippen LogP contribution is -2.32. The van der Waals surface area contributed by atoms with Gasteiger partial charge in [0, 0.05) is 18.7 Å². The molecule has 5 rings (SSSR count). The molecule has 39 heavy (non-hydrogen) atoms. The molecule has 0 amide bonds. The van der Waals surface area contributed by atoms with E-state index < -0.39 is 0 Å². The van der Waals surface area contributed by atoms with Crippen molar-refractivity contribution >= 4 is 10.9 Å². The topological polar surface area (TPSA) is 79.7 Å². The second-order valence-corrected chi connectivity index (χ2v) is 10.2. The van der Waals surface area contributed by atoms with Crippen LogP contribution in [0.5, 0.6) is 0 Å². The van der Waals surface area contributed by atoms with E-state index in [2.05, 4.69) is 75.7 Å². The van der Waals surface area contributed by atoms with Gasteiger partial charge in [-0.2, -0.15) is 0 Å². The molecule has 3 aromatic carbocycles. The molecule has 0 aliphatic carbocycles. The second kappa shape index (κ2) is 11.3. The number of nitrogens with zero attached hydrogens (tertiary/aromatic N) is 5. The minimum Gasteiger partial charge on any atom is -0.321 e. The third-order valence-corrected chi connectivity index (χ3v) is 7.44. The van der Waals surface area contributed by atoms with Gasteiger partial charge in [-0.25, -0.2) is 9.07 Å². The van der Waals surface area contributed by atoms with Crippen molar-refractivity contribution in [3.63, 3.8) is 0 Å². The molecule has 0 fully saturated rings. The van der Waals surface area contributed by atoms with E-state index >= 15 is 0 Å². The zero-order chi connectivity index (χ0) is 27.5. The quantitative estimate of drug-likeness (QED) is 0.264. The number of halogens is 1. The van der Waals surface area contributed by atoms with E-state index in [4.69, 9.17) is 0 Å². The third-order valence-electron chi connectivity index (χ3n) is 7.44. The number of rotatable bonds is 9. The maximum atomic E-state index is 13.5. The van der Waals surface area contributed by atoms with E-state index in [1.807, 2.05) is 19.9 Å². The van der Waals surface area contributed by atoms with Gasteiger partial charge in [0.1, 0.15) is 5.82 Å². The molecule has 0 bridgehead atoms. The Kier molecular flexibility index (Phi) is 7.65. The van der Waals surface area contributed by atoms with Crippen LogP contribution in [0.1, 0.15) is 58.6 Å². The normalized spacial score (nSPS) is 12.4. The van der Waals surface area contributed by atoms with Crippen molar-refractivity contribution in [3.05, 3.63) is 122 Å². The van der Waals surface area contributed by atoms with Crippen molar-refractivity contribution in [1.82, 2.24) is 30.1 Å². The number of pyridine rings is 1. The van der Waals surface area contributed by atoms with Gasteiger partial charge >= 0.3 is 0 Å². The average Bonchev–Trinajstić information content (AvgIpc) is 3.38. The number of benzene rings is 3. The summed E-state index contributed by atoms with van der Waals surface area (Å²) in [6.45, 7) is 9.71. The van der Waals surface area contributed by atoms with E-state index in [-0.39, 0.29) is 17.4 Å². The highest BCUT2D eigenvalue weighted by Crippen LogP contribution is 2.27. The Morgan fingerprint density at radius 1 is 0.949 bits per heavy atom. The monoisotopic (exact) mass is 524 g/mol. The largest absolute Gasteiger partial charge is 0.321 e. The molecule has 5 aromatic rings. The van der Waals surface area contributed by atoms with Crippen LogP contribution in [-0.2, 0) is 19.6 Å². The summed E-state index contributed by atoms with van der Waals surface area (Å²) in [6.07, 6.45) is 0.736. The van der Waals surface area contributed by atoms with Gasteiger partial charge in [-0.3, -0.25) is 9.69 Å². The second-order valence-electron chi connectivity index (χ2n) is 10.2. The van der Waals surface area contributed by atoms with Gasteiger partial charge in [0.05, 0.1) is 18.1 Å². The lowest BCUT2D eigenvalue weighted by atomic mass is 10.0. The average molecular weight is 525 g/mol. The molecule has 2 heterocycles. The lowest BCUT2D eigenvalue weighted by molar-refractivity contribution is 0.161. The summed E-state index contributed by atoms with van der Waals surface area (Å²) in [6, 6.07) is 20.8. The predicted molar refractivity (Wildman–Crippen MR) is 151 cm³/mol. The Bertz CT molecular complexity index is 1640. The molecule has 0 saturated carbocycles. The summed E-state index contributed by atoms with van der Waals surface area (Å²) in [4.78, 5) is 18.7. The maximum Gasteiger partial charge on any atom is 0.252 e. The molecule has 0 aliphatic rings. The van der Waals surface area contributed by atoms with Crippen molar-refractivity contribution in [2.75, 3.05) is 0 Å². The summed E-state index contributed by atoms with van der Waals surface area (Å²) >= 11 is 0. The Hall–Kier alpha value is -4.17. The number of hydrogen-bond donors (Lipinski definition) is 1. The van der Waals surface area contributed by atoms with E-state index in [0.717, 1.165) is 39.6 Å². The minimum atomic E-state index is -0.280. The zero-order valence-electron chi connectivity index (χ0n) is 22.8. The number of aromatic nitrogens is 5. The van der Waals surface area contributed by atoms with Gasteiger partial charge in [0.25, 0.3) is 5.56 Å². The minimum absolute atomic E-state index is 0.0918. The van der Waals surface area contributed by atoms with Gasteiger partial charge < -0.3 is 4.98 Å². The first kappa shape index (κ1) is 26.4. The summed E-state index contributed by atoms with van der Waals surface area (Å²) < 4.78 is 15.2. The maximum absolute atomic E-state index is 13.5. The Labute approximate surface area is 227 Å². The van der Waals surface area contributed by atoms with E-state index in [1.54, 1.807) is 16.8 Å². The molecular weight excluding hydrogens is 491 g/mol. The van der Waals surface area contributed by atoms with Crippen molar-refractivity contribution < 1.29 is 4.39 Å². The van der Waals surface area contributed by atoms with Crippen LogP contribution >= 0.6 is 0 Å². The molecular formula is C31H33FN6O. The molecule has 0 radical (unpaired) electrons. The van der Waals surface area contributed by atoms with Gasteiger partial charge in [0.2, 0.25) is 0 Å². The fourth-order valence-corrected chi connectivity index (χ4v) is 5.04. The highest BCUT2D eigenvalue weighted by Gasteiger charge is 2.26. The van der Waals surface area contributed by atoms with Crippen LogP contribution in [0.3, 0.4) is 0 Å². The molecule has 1 unspecified atom stereocenters. The van der Waals surface area contributed by atoms with E-state index in [9.17, 15) is 9.18 Å². The molecule has 0 saturated heterocycles. The van der Waals surface area contributed by atoms with Gasteiger partial charge in [-0.15, -0.1) is 5.10 Å². The van der Waals surface area contributed by atoms with Crippen molar-refractivity contribution in [2.45, 2.75) is 59.8 Å². The number of tetrazole rings is 1. The van der Waals surface area contributed by atoms with Gasteiger partial charge in [-0.1, -0.05) is 61.0 Å². The smallest absolute Gasteiger partial charge is 0.252 e. The number of hydrogen-bond acceptors (Lipinski definition) is 5. The number of H-pyrrole nitrogens is 1. The number of aromatic amines is 1. The van der Waals surface area contributed by atoms with Gasteiger partial charge in [0.15, 0.2) is 5.82 Å². The fourth-order valence-electron chi connectivity index (χ4n) is 5.04. The van der Waals surface area contributed by atoms with Crippen LogP contribution < -0.4 is 5.56 Å². The first-order valence-electron chi connectivity index (χ1n) is 13.2. The summed E-state index contributed by atoms with van der Waals surface area (Å²) in [5.74, 6) is 0.426. The third kappa shape index (κ3) is 5.81. The van der Waals surface area contributed by atoms with Gasteiger partial charge in [-0.05, 0) is 83.5 Å². The highest BCUT2D eigenvalue weighted by atomic mass is 19.1.